The van der Waals surface area contributed by atoms with Gasteiger partial charge in [-0.15, -0.1) is 34.0 Å². The molecule has 0 saturated carbocycles. The Morgan fingerprint density at radius 3 is 1.23 bits per heavy atom. The Morgan fingerprint density at radius 2 is 0.645 bits per heavy atom. The number of benzene rings is 19. The molecule has 0 unspecified atom stereocenters. The van der Waals surface area contributed by atoms with Crippen LogP contribution in [0.2, 0.25) is 0 Å². The van der Waals surface area contributed by atoms with Crippen molar-refractivity contribution in [1.82, 2.24) is 23.7 Å². The molecule has 121 heavy (non-hydrogen) atoms. The van der Waals surface area contributed by atoms with Crippen LogP contribution in [0.5, 0.6) is 0 Å². The lowest BCUT2D eigenvalue weighted by molar-refractivity contribution is 1.18. The van der Waals surface area contributed by atoms with Crippen molar-refractivity contribution in [1.29, 1.82) is 0 Å². The van der Waals surface area contributed by atoms with Crippen LogP contribution in [0.3, 0.4) is 0 Å². The van der Waals surface area contributed by atoms with Gasteiger partial charge in [-0.05, 0) is 166 Å². The molecular weight excluding hydrogens is 1520 g/mol. The minimum atomic E-state index is 1.03. The predicted octanol–water partition coefficient (Wildman–Crippen LogP) is 32.4. The van der Waals surface area contributed by atoms with Gasteiger partial charge in [0.05, 0.1) is 44.5 Å². The molecule has 1 aliphatic rings. The number of rotatable bonds is 6. The maximum absolute atomic E-state index is 3.62. The Morgan fingerprint density at radius 1 is 0.215 bits per heavy atom. The largest absolute Gasteiger partial charge is 0.354 e. The number of nitrogens with zero attached hydrogens (tertiary/aromatic N) is 3. The van der Waals surface area contributed by atoms with E-state index in [1.54, 1.807) is 0 Å². The Kier molecular flexibility index (Phi) is 15.1. The highest BCUT2D eigenvalue weighted by Gasteiger charge is 2.27. The third-order valence-electron chi connectivity index (χ3n) is 25.6. The van der Waals surface area contributed by atoms with Gasteiger partial charge in [0.15, 0.2) is 0 Å². The number of nitrogens with one attached hydrogen (secondary N) is 2. The molecule has 564 valence electrons. The van der Waals surface area contributed by atoms with Gasteiger partial charge in [0, 0.05) is 159 Å². The number of aromatic amines is 2. The summed E-state index contributed by atoms with van der Waals surface area (Å²) in [4.78, 5) is 7.24. The van der Waals surface area contributed by atoms with E-state index in [4.69, 9.17) is 0 Å². The van der Waals surface area contributed by atoms with Crippen molar-refractivity contribution in [2.24, 2.45) is 0 Å². The van der Waals surface area contributed by atoms with Crippen molar-refractivity contribution in [3.63, 3.8) is 0 Å². The molecule has 0 radical (unpaired) electrons. The third kappa shape index (κ3) is 10.5. The van der Waals surface area contributed by atoms with Crippen LogP contribution < -0.4 is 0 Å². The molecule has 0 spiro atoms. The van der Waals surface area contributed by atoms with E-state index in [1.807, 2.05) is 34.0 Å². The standard InChI is InChI=1S/C41H25NS.2C36H22N2S/c1-2-10-25(11-3-1)29-21-26-12-4-6-14-30(26)37(22-29)42-36-17-9-8-16-32(36)34-23-35-33-19-18-28-20-27-13-5-7-15-31(27)40(28)41(33)43-39(35)24-38(34)42;1-2-10-22(11-3-1)23-12-5-8-16-31(23)38-32-17-9-6-13-24(32)27-20-28-25-18-19-30-35(26-14-4-7-15-29(26)37-30)36(25)39-34(28)21-33(27)38;1-2-9-22(10-3-1)23-11-8-12-24(19-23)38-32-16-7-5-13-25(32)28-20-29-26-17-18-31-35(27-14-4-6-15-30(27)37-31)36(26)39-34(29)21-33(28)38/h1-19,21-24H,20H2;2*1-21,37H. The second-order valence-corrected chi connectivity index (χ2v) is 35.4. The smallest absolute Gasteiger partial charge is 0.0555 e. The van der Waals surface area contributed by atoms with Crippen LogP contribution in [0.25, 0.3) is 242 Å². The molecule has 0 aliphatic heterocycles. The van der Waals surface area contributed by atoms with E-state index in [0.717, 1.165) is 6.42 Å². The van der Waals surface area contributed by atoms with E-state index in [-0.39, 0.29) is 0 Å². The van der Waals surface area contributed by atoms with Gasteiger partial charge in [-0.3, -0.25) is 0 Å². The average Bonchev–Trinajstić information content (AvgIpc) is 1.56. The summed E-state index contributed by atoms with van der Waals surface area (Å²) in [6, 6.07) is 144. The van der Waals surface area contributed by atoms with E-state index < -0.39 is 0 Å². The summed E-state index contributed by atoms with van der Waals surface area (Å²) < 4.78 is 15.5. The lowest BCUT2D eigenvalue weighted by Crippen LogP contribution is -1.96. The number of fused-ring (bicyclic) bond motifs is 31. The van der Waals surface area contributed by atoms with E-state index in [0.29, 0.717) is 0 Å². The fraction of sp³-hybridized carbons (Fsp3) is 0.00885. The van der Waals surface area contributed by atoms with Crippen molar-refractivity contribution in [2.45, 2.75) is 6.42 Å². The first-order chi connectivity index (χ1) is 60.0. The fourth-order valence-electron chi connectivity index (χ4n) is 20.2. The molecule has 27 aromatic rings. The molecule has 1 aliphatic carbocycles. The molecule has 5 nitrogen and oxygen atoms in total. The molecule has 0 atom stereocenters. The first-order valence-electron chi connectivity index (χ1n) is 41.5. The quantitative estimate of drug-likeness (QED) is 0.167. The highest BCUT2D eigenvalue weighted by molar-refractivity contribution is 7.27. The van der Waals surface area contributed by atoms with Gasteiger partial charge in [0.25, 0.3) is 0 Å². The van der Waals surface area contributed by atoms with Crippen LogP contribution in [0.1, 0.15) is 11.1 Å². The van der Waals surface area contributed by atoms with E-state index in [9.17, 15) is 0 Å². The fourth-order valence-corrected chi connectivity index (χ4v) is 24.1. The van der Waals surface area contributed by atoms with Gasteiger partial charge < -0.3 is 23.7 Å². The topological polar surface area (TPSA) is 46.4 Å². The maximum atomic E-state index is 3.62. The van der Waals surface area contributed by atoms with Gasteiger partial charge >= 0.3 is 0 Å². The second-order valence-electron chi connectivity index (χ2n) is 32.2. The van der Waals surface area contributed by atoms with Gasteiger partial charge in [0.1, 0.15) is 0 Å². The average molecular weight is 1590 g/mol. The molecular formula is C113H69N5S3. The Labute approximate surface area is 706 Å². The molecule has 0 saturated heterocycles. The molecule has 28 rings (SSSR count). The summed E-state index contributed by atoms with van der Waals surface area (Å²) in [5.74, 6) is 0. The monoisotopic (exact) mass is 1590 g/mol. The number of aromatic nitrogens is 5. The number of thiophene rings is 3. The maximum Gasteiger partial charge on any atom is 0.0555 e. The highest BCUT2D eigenvalue weighted by Crippen LogP contribution is 2.52. The zero-order chi connectivity index (χ0) is 79.1. The summed E-state index contributed by atoms with van der Waals surface area (Å²) >= 11 is 5.76. The van der Waals surface area contributed by atoms with Gasteiger partial charge in [-0.1, -0.05) is 285 Å². The molecule has 8 heteroatoms. The van der Waals surface area contributed by atoms with Gasteiger partial charge in [-0.2, -0.15) is 0 Å². The minimum Gasteiger partial charge on any atom is -0.354 e. The normalized spacial score (nSPS) is 12.3. The molecule has 2 N–H and O–H groups in total. The lowest BCUT2D eigenvalue weighted by atomic mass is 9.99. The van der Waals surface area contributed by atoms with E-state index in [1.165, 1.54) is 253 Å². The van der Waals surface area contributed by atoms with Crippen molar-refractivity contribution in [3.8, 4) is 61.6 Å². The first-order valence-corrected chi connectivity index (χ1v) is 43.9. The van der Waals surface area contributed by atoms with Crippen molar-refractivity contribution < 1.29 is 0 Å². The van der Waals surface area contributed by atoms with E-state index >= 15 is 0 Å². The molecule has 0 amide bonds. The van der Waals surface area contributed by atoms with Crippen LogP contribution in [0.4, 0.5) is 0 Å². The summed E-state index contributed by atoms with van der Waals surface area (Å²) in [6.45, 7) is 0. The molecule has 0 bridgehead atoms. The third-order valence-corrected chi connectivity index (χ3v) is 29.2. The SMILES string of the molecule is c1ccc(-c2cc(-n3c4ccccc4c4cc5c(cc43)sc3c4c(ccc35)Cc3ccccc3-4)c3ccccc3c2)cc1.c1ccc(-c2cccc(-n3c4ccccc4c4cc5c(cc43)sc3c5ccc4[nH]c5ccccc5c43)c2)cc1.c1ccc(-c2ccccc2-n2c3ccccc3c3cc4c(cc32)sc2c4ccc3[nH]c4ccccc4c32)cc1. The predicted molar refractivity (Wildman–Crippen MR) is 522 cm³/mol. The van der Waals surface area contributed by atoms with Crippen LogP contribution in [-0.4, -0.2) is 23.7 Å². The summed E-state index contributed by atoms with van der Waals surface area (Å²) in [6.07, 6.45) is 1.03. The Bertz CT molecular complexity index is 9010. The zero-order valence-electron chi connectivity index (χ0n) is 65.3. The number of hydrogen-bond acceptors (Lipinski definition) is 3. The van der Waals surface area contributed by atoms with Gasteiger partial charge in [-0.25, -0.2) is 0 Å². The van der Waals surface area contributed by atoms with Crippen molar-refractivity contribution in [2.75, 3.05) is 0 Å². The van der Waals surface area contributed by atoms with Crippen LogP contribution in [0, 0.1) is 0 Å². The summed E-state index contributed by atoms with van der Waals surface area (Å²) in [7, 11) is 0. The zero-order valence-corrected chi connectivity index (χ0v) is 67.8. The number of para-hydroxylation sites is 6. The molecule has 8 aromatic heterocycles. The first kappa shape index (κ1) is 68.2. The van der Waals surface area contributed by atoms with Crippen LogP contribution >= 0.6 is 34.0 Å². The van der Waals surface area contributed by atoms with Crippen LogP contribution in [0.15, 0.2) is 394 Å². The summed E-state index contributed by atoms with van der Waals surface area (Å²) in [5, 5.41) is 23.5. The van der Waals surface area contributed by atoms with Crippen molar-refractivity contribution >= 4 is 214 Å². The molecule has 19 aromatic carbocycles. The second kappa shape index (κ2) is 26.8. The highest BCUT2D eigenvalue weighted by atomic mass is 32.1. The van der Waals surface area contributed by atoms with E-state index in [2.05, 4.69) is 418 Å². The van der Waals surface area contributed by atoms with Crippen LogP contribution in [-0.2, 0) is 6.42 Å². The number of H-pyrrole nitrogens is 2. The Balaban J connectivity index is 0.0000000980. The minimum absolute atomic E-state index is 1.03. The summed E-state index contributed by atoms with van der Waals surface area (Å²) in [5.41, 5.74) is 29.0. The lowest BCUT2D eigenvalue weighted by Gasteiger charge is -2.14. The Hall–Kier alpha value is -14.9. The molecule has 8 heterocycles. The van der Waals surface area contributed by atoms with Gasteiger partial charge in [0.2, 0.25) is 0 Å². The number of hydrogen-bond donors (Lipinski definition) is 2. The molecule has 0 fully saturated rings. The van der Waals surface area contributed by atoms with Crippen molar-refractivity contribution in [3.05, 3.63) is 405 Å².